The molecule has 1 aromatic rings. The van der Waals surface area contributed by atoms with Crippen molar-refractivity contribution in [2.24, 2.45) is 0 Å². The van der Waals surface area contributed by atoms with E-state index in [-0.39, 0.29) is 18.1 Å². The van der Waals surface area contributed by atoms with Crippen molar-refractivity contribution in [1.29, 1.82) is 0 Å². The van der Waals surface area contributed by atoms with Crippen LogP contribution in [0.25, 0.3) is 0 Å². The van der Waals surface area contributed by atoms with Crippen LogP contribution in [0.5, 0.6) is 0 Å². The maximum absolute atomic E-state index is 13.8. The van der Waals surface area contributed by atoms with Crippen LogP contribution in [0, 0.1) is 0 Å². The fourth-order valence-corrected chi connectivity index (χ4v) is 3.10. The van der Waals surface area contributed by atoms with Gasteiger partial charge in [-0.1, -0.05) is 0 Å². The third-order valence-corrected chi connectivity index (χ3v) is 4.15. The number of carbonyl (C=O) groups is 1. The summed E-state index contributed by atoms with van der Waals surface area (Å²) in [6.07, 6.45) is 1.87. The highest BCUT2D eigenvalue weighted by molar-refractivity contribution is 5.77. The number of cyclic esters (lactones) is 1. The van der Waals surface area contributed by atoms with Crippen LogP contribution in [-0.4, -0.2) is 66.1 Å². The van der Waals surface area contributed by atoms with Crippen molar-refractivity contribution in [3.63, 3.8) is 0 Å². The molecule has 0 saturated carbocycles. The van der Waals surface area contributed by atoms with Gasteiger partial charge in [-0.25, -0.2) is 4.39 Å². The quantitative estimate of drug-likeness (QED) is 0.760. The Morgan fingerprint density at radius 3 is 3.10 bits per heavy atom. The second-order valence-electron chi connectivity index (χ2n) is 5.63. The predicted octanol–water partition coefficient (Wildman–Crippen LogP) is 0.641. The maximum atomic E-state index is 13.8. The van der Waals surface area contributed by atoms with Gasteiger partial charge in [-0.05, 0) is 19.2 Å². The van der Waals surface area contributed by atoms with E-state index in [1.165, 1.54) is 0 Å². The molecule has 0 bridgehead atoms. The summed E-state index contributed by atoms with van der Waals surface area (Å²) in [5, 5.41) is 7.92. The second kappa shape index (κ2) is 5.93. The number of hydrogen-bond acceptors (Lipinski definition) is 6. The van der Waals surface area contributed by atoms with Crippen LogP contribution in [0.4, 0.5) is 10.2 Å². The van der Waals surface area contributed by atoms with Gasteiger partial charge in [-0.3, -0.25) is 9.69 Å². The van der Waals surface area contributed by atoms with E-state index in [4.69, 9.17) is 4.74 Å². The van der Waals surface area contributed by atoms with E-state index >= 15 is 0 Å². The third kappa shape index (κ3) is 2.97. The monoisotopic (exact) mass is 294 g/mol. The molecule has 2 fully saturated rings. The summed E-state index contributed by atoms with van der Waals surface area (Å²) >= 11 is 0. The Morgan fingerprint density at radius 2 is 2.43 bits per heavy atom. The number of ether oxygens (including phenoxy) is 1. The van der Waals surface area contributed by atoms with Gasteiger partial charge in [0.1, 0.15) is 12.2 Å². The first-order valence-electron chi connectivity index (χ1n) is 7.20. The summed E-state index contributed by atoms with van der Waals surface area (Å²) in [5.74, 6) is 0.503. The number of anilines is 1. The van der Waals surface area contributed by atoms with E-state index in [0.717, 1.165) is 0 Å². The molecular weight excluding hydrogens is 275 g/mol. The Labute approximate surface area is 122 Å². The minimum absolute atomic E-state index is 0.00454. The summed E-state index contributed by atoms with van der Waals surface area (Å²) in [6.45, 7) is 1.40. The summed E-state index contributed by atoms with van der Waals surface area (Å²) in [6, 6.07) is 3.41. The van der Waals surface area contributed by atoms with Gasteiger partial charge in [-0.2, -0.15) is 5.10 Å². The van der Waals surface area contributed by atoms with Gasteiger partial charge >= 0.3 is 5.97 Å². The van der Waals surface area contributed by atoms with Crippen LogP contribution in [0.15, 0.2) is 18.3 Å². The zero-order valence-electron chi connectivity index (χ0n) is 12.0. The fourth-order valence-electron chi connectivity index (χ4n) is 3.10. The first-order chi connectivity index (χ1) is 10.1. The molecule has 6 nitrogen and oxygen atoms in total. The Morgan fingerprint density at radius 1 is 1.57 bits per heavy atom. The minimum atomic E-state index is -0.874. The van der Waals surface area contributed by atoms with Crippen molar-refractivity contribution in [2.45, 2.75) is 31.1 Å². The molecule has 3 atom stereocenters. The fraction of sp³-hybridized carbons (Fsp3) is 0.643. The Hall–Kier alpha value is -1.76. The highest BCUT2D eigenvalue weighted by atomic mass is 19.1. The minimum Gasteiger partial charge on any atom is -0.464 e. The van der Waals surface area contributed by atoms with Crippen LogP contribution in [-0.2, 0) is 9.53 Å². The Bertz CT molecular complexity index is 501. The number of likely N-dealkylation sites (N-methyl/N-ethyl adjacent to an activating group) is 1. The van der Waals surface area contributed by atoms with Gasteiger partial charge in [-0.15, -0.1) is 5.10 Å². The Kier molecular flexibility index (Phi) is 4.01. The molecule has 0 aromatic carbocycles. The average molecular weight is 294 g/mol. The first-order valence-corrected chi connectivity index (χ1v) is 7.20. The molecule has 7 heteroatoms. The van der Waals surface area contributed by atoms with Crippen molar-refractivity contribution in [1.82, 2.24) is 15.1 Å². The van der Waals surface area contributed by atoms with Crippen molar-refractivity contribution >= 4 is 11.8 Å². The number of hydrogen-bond donors (Lipinski definition) is 0. The lowest BCUT2D eigenvalue weighted by Gasteiger charge is -2.30. The SMILES string of the molecule is CN(C[C@@H]1C[C@H](F)CN1c1cccnn1)C1CCOC1=O. The van der Waals surface area contributed by atoms with Crippen LogP contribution in [0.1, 0.15) is 12.8 Å². The predicted molar refractivity (Wildman–Crippen MR) is 74.7 cm³/mol. The van der Waals surface area contributed by atoms with E-state index in [1.54, 1.807) is 12.3 Å². The Balaban J connectivity index is 1.69. The van der Waals surface area contributed by atoms with E-state index < -0.39 is 6.17 Å². The first kappa shape index (κ1) is 14.2. The molecule has 1 aromatic heterocycles. The van der Waals surface area contributed by atoms with Crippen molar-refractivity contribution in [3.05, 3.63) is 18.3 Å². The van der Waals surface area contributed by atoms with Crippen molar-refractivity contribution < 1.29 is 13.9 Å². The molecule has 1 unspecified atom stereocenters. The van der Waals surface area contributed by atoms with Crippen LogP contribution >= 0.6 is 0 Å². The molecule has 0 radical (unpaired) electrons. The lowest BCUT2D eigenvalue weighted by atomic mass is 10.1. The van der Waals surface area contributed by atoms with Gasteiger partial charge < -0.3 is 9.64 Å². The highest BCUT2D eigenvalue weighted by Gasteiger charge is 2.37. The normalized spacial score (nSPS) is 29.2. The third-order valence-electron chi connectivity index (χ3n) is 4.15. The molecule has 0 N–H and O–H groups in total. The molecule has 21 heavy (non-hydrogen) atoms. The smallest absolute Gasteiger partial charge is 0.323 e. The molecular formula is C14H19FN4O2. The lowest BCUT2D eigenvalue weighted by Crippen LogP contribution is -2.44. The molecule has 3 rings (SSSR count). The molecule has 3 heterocycles. The standard InChI is InChI=1S/C14H19FN4O2/c1-18(12-4-6-21-14(12)20)9-11-7-10(15)8-19(11)13-3-2-5-16-17-13/h2-3,5,10-12H,4,6-9H2,1H3/t10-,11-,12?/m0/s1. The van der Waals surface area contributed by atoms with Gasteiger partial charge in [0.05, 0.1) is 13.2 Å². The summed E-state index contributed by atoms with van der Waals surface area (Å²) in [4.78, 5) is 15.5. The van der Waals surface area contributed by atoms with E-state index in [9.17, 15) is 9.18 Å². The van der Waals surface area contributed by atoms with Crippen LogP contribution in [0.2, 0.25) is 0 Å². The van der Waals surface area contributed by atoms with E-state index in [0.29, 0.717) is 38.4 Å². The largest absolute Gasteiger partial charge is 0.464 e. The lowest BCUT2D eigenvalue weighted by molar-refractivity contribution is -0.142. The summed E-state index contributed by atoms with van der Waals surface area (Å²) in [7, 11) is 1.89. The van der Waals surface area contributed by atoms with Gasteiger partial charge in [0, 0.05) is 31.6 Å². The van der Waals surface area contributed by atoms with E-state index in [2.05, 4.69) is 10.2 Å². The zero-order chi connectivity index (χ0) is 14.8. The number of rotatable bonds is 4. The molecule has 2 saturated heterocycles. The van der Waals surface area contributed by atoms with Gasteiger partial charge in [0.25, 0.3) is 0 Å². The highest BCUT2D eigenvalue weighted by Crippen LogP contribution is 2.26. The number of aromatic nitrogens is 2. The summed E-state index contributed by atoms with van der Waals surface area (Å²) < 4.78 is 18.8. The number of halogens is 1. The van der Waals surface area contributed by atoms with Crippen LogP contribution < -0.4 is 4.90 Å². The number of carbonyl (C=O) groups excluding carboxylic acids is 1. The molecule has 0 aliphatic carbocycles. The topological polar surface area (TPSA) is 58.6 Å². The average Bonchev–Trinajstić information content (AvgIpc) is 3.06. The number of nitrogens with zero attached hydrogens (tertiary/aromatic N) is 4. The summed E-state index contributed by atoms with van der Waals surface area (Å²) in [5.41, 5.74) is 0. The zero-order valence-corrected chi connectivity index (χ0v) is 12.0. The molecule has 0 amide bonds. The molecule has 0 spiro atoms. The molecule has 2 aliphatic heterocycles. The number of esters is 1. The molecule has 2 aliphatic rings. The molecule has 114 valence electrons. The number of alkyl halides is 1. The maximum Gasteiger partial charge on any atom is 0.323 e. The van der Waals surface area contributed by atoms with Crippen LogP contribution in [0.3, 0.4) is 0 Å². The van der Waals surface area contributed by atoms with Crippen molar-refractivity contribution in [3.8, 4) is 0 Å². The van der Waals surface area contributed by atoms with Gasteiger partial charge in [0.15, 0.2) is 5.82 Å². The van der Waals surface area contributed by atoms with E-state index in [1.807, 2.05) is 22.9 Å². The van der Waals surface area contributed by atoms with Crippen molar-refractivity contribution in [2.75, 3.05) is 31.6 Å². The van der Waals surface area contributed by atoms with Gasteiger partial charge in [0.2, 0.25) is 0 Å². The second-order valence-corrected chi connectivity index (χ2v) is 5.63.